The van der Waals surface area contributed by atoms with Crippen molar-refractivity contribution in [3.8, 4) is 11.5 Å². The molecule has 7 rings (SSSR count). The van der Waals surface area contributed by atoms with Crippen molar-refractivity contribution in [3.63, 3.8) is 0 Å². The van der Waals surface area contributed by atoms with Gasteiger partial charge in [-0.1, -0.05) is 87.1 Å². The highest BCUT2D eigenvalue weighted by Crippen LogP contribution is 2.32. The zero-order valence-corrected chi connectivity index (χ0v) is 30.3. The number of amides is 2. The van der Waals surface area contributed by atoms with Crippen LogP contribution in [0.5, 0.6) is 11.5 Å². The molecule has 0 saturated carbocycles. The molecule has 0 aliphatic carbocycles. The summed E-state index contributed by atoms with van der Waals surface area (Å²) in [6, 6.07) is 26.3. The Balaban J connectivity index is 1.05. The molecule has 3 heterocycles. The Bertz CT molecular complexity index is 2040. The first-order valence-corrected chi connectivity index (χ1v) is 19.1. The third-order valence-corrected chi connectivity index (χ3v) is 9.83. The number of nitrogens with one attached hydrogen (secondary N) is 2. The molecular weight excluding hydrogens is 681 g/mol. The zero-order chi connectivity index (χ0) is 37.3. The summed E-state index contributed by atoms with van der Waals surface area (Å²) in [5.41, 5.74) is 3.60. The van der Waals surface area contributed by atoms with Crippen molar-refractivity contribution in [2.24, 2.45) is 0 Å². The van der Waals surface area contributed by atoms with Gasteiger partial charge in [0.2, 0.25) is 11.8 Å². The van der Waals surface area contributed by atoms with E-state index in [-0.39, 0.29) is 36.6 Å². The fraction of sp³-hybridized carbons (Fsp3) is 0.318. The van der Waals surface area contributed by atoms with Crippen molar-refractivity contribution < 1.29 is 28.7 Å². The lowest BCUT2D eigenvalue weighted by Gasteiger charge is -2.12. The van der Waals surface area contributed by atoms with Crippen LogP contribution in [0.1, 0.15) is 89.9 Å². The van der Waals surface area contributed by atoms with Crippen molar-refractivity contribution in [1.29, 1.82) is 0 Å². The first-order valence-electron chi connectivity index (χ1n) is 19.1. The number of ether oxygens (including phenoxy) is 2. The largest absolute Gasteiger partial charge is 0.424 e. The van der Waals surface area contributed by atoms with Gasteiger partial charge >= 0.3 is 11.9 Å². The molecule has 276 valence electrons. The molecule has 0 spiro atoms. The van der Waals surface area contributed by atoms with Gasteiger partial charge in [-0.05, 0) is 62.1 Å². The van der Waals surface area contributed by atoms with E-state index >= 15 is 0 Å². The van der Waals surface area contributed by atoms with E-state index in [9.17, 15) is 19.2 Å². The molecule has 2 N–H and O–H groups in total. The summed E-state index contributed by atoms with van der Waals surface area (Å²) in [6.07, 6.45) is 9.23. The minimum Gasteiger partial charge on any atom is -0.424 e. The van der Waals surface area contributed by atoms with Crippen molar-refractivity contribution >= 4 is 78.7 Å². The van der Waals surface area contributed by atoms with Crippen LogP contribution >= 0.6 is 0 Å². The number of para-hydroxylation sites is 4. The number of carbonyl (C=O) groups is 4. The van der Waals surface area contributed by atoms with E-state index in [1.54, 1.807) is 12.1 Å². The second-order valence-corrected chi connectivity index (χ2v) is 14.0. The van der Waals surface area contributed by atoms with Crippen LogP contribution in [0.3, 0.4) is 0 Å². The van der Waals surface area contributed by atoms with E-state index in [0.717, 1.165) is 72.9 Å². The highest BCUT2D eigenvalue weighted by Gasteiger charge is 2.16. The number of aromatic nitrogens is 2. The second-order valence-electron chi connectivity index (χ2n) is 14.0. The van der Waals surface area contributed by atoms with Gasteiger partial charge in [-0.3, -0.25) is 19.2 Å². The minimum atomic E-state index is -0.327. The van der Waals surface area contributed by atoms with Crippen LogP contribution in [0.2, 0.25) is 0 Å². The number of carbonyl (C=O) groups excluding carboxylic acids is 4. The quantitative estimate of drug-likeness (QED) is 0.0898. The Hall–Kier alpha value is -5.90. The number of rotatable bonds is 0. The smallest absolute Gasteiger partial charge is 0.311 e. The molecule has 54 heavy (non-hydrogen) atoms. The predicted octanol–water partition coefficient (Wildman–Crippen LogP) is 9.95. The molecule has 6 aromatic rings. The molecule has 2 amide bonds. The van der Waals surface area contributed by atoms with E-state index < -0.39 is 0 Å². The molecule has 1 aliphatic rings. The number of esters is 2. The Kier molecular flexibility index (Phi) is 11.7. The fourth-order valence-electron chi connectivity index (χ4n) is 7.02. The maximum Gasteiger partial charge on any atom is 0.311 e. The lowest BCUT2D eigenvalue weighted by Crippen LogP contribution is -2.12. The van der Waals surface area contributed by atoms with E-state index in [0.29, 0.717) is 70.6 Å². The molecular formula is C44H44N4O6. The second kappa shape index (κ2) is 17.3. The topological polar surface area (TPSA) is 137 Å². The molecule has 2 aromatic heterocycles. The summed E-state index contributed by atoms with van der Waals surface area (Å²) in [5, 5.41) is 9.49. The number of pyridine rings is 2. The molecule has 0 saturated heterocycles. The number of anilines is 2. The van der Waals surface area contributed by atoms with E-state index in [2.05, 4.69) is 10.6 Å². The average molecular weight is 725 g/mol. The first kappa shape index (κ1) is 36.5. The van der Waals surface area contributed by atoms with Gasteiger partial charge in [0.05, 0.1) is 22.4 Å². The normalized spacial score (nSPS) is 16.6. The van der Waals surface area contributed by atoms with Crippen molar-refractivity contribution in [3.05, 3.63) is 84.9 Å². The van der Waals surface area contributed by atoms with Gasteiger partial charge in [-0.15, -0.1) is 0 Å². The summed E-state index contributed by atoms with van der Waals surface area (Å²) >= 11 is 0. The number of benzene rings is 4. The third-order valence-electron chi connectivity index (χ3n) is 9.83. The van der Waals surface area contributed by atoms with Crippen LogP contribution < -0.4 is 20.1 Å². The Morgan fingerprint density at radius 3 is 1.19 bits per heavy atom. The Morgan fingerprint density at radius 1 is 0.407 bits per heavy atom. The Labute approximate surface area is 313 Å². The van der Waals surface area contributed by atoms with Gasteiger partial charge < -0.3 is 20.1 Å². The molecule has 1 aliphatic heterocycles. The van der Waals surface area contributed by atoms with Crippen LogP contribution in [0.15, 0.2) is 84.9 Å². The van der Waals surface area contributed by atoms with Gasteiger partial charge in [0.25, 0.3) is 0 Å². The van der Waals surface area contributed by atoms with Crippen molar-refractivity contribution in [1.82, 2.24) is 9.97 Å². The molecule has 10 heteroatoms. The minimum absolute atomic E-state index is 0.0868. The maximum absolute atomic E-state index is 13.0. The van der Waals surface area contributed by atoms with E-state index in [1.807, 2.05) is 72.8 Å². The lowest BCUT2D eigenvalue weighted by molar-refractivity contribution is -0.135. The van der Waals surface area contributed by atoms with E-state index in [1.165, 1.54) is 0 Å². The maximum atomic E-state index is 13.0. The van der Waals surface area contributed by atoms with Crippen LogP contribution in [0.25, 0.3) is 43.6 Å². The number of hydrogen-bond donors (Lipinski definition) is 2. The molecule has 4 aromatic carbocycles. The summed E-state index contributed by atoms with van der Waals surface area (Å²) in [4.78, 5) is 61.5. The molecule has 0 radical (unpaired) electrons. The molecule has 4 bridgehead atoms. The SMILES string of the molecule is O=C1CCCCCCCC(=O)Nc2cccc3cc4cccc(c4nc23)OC(=O)CCCCCCCC(=O)Oc2cccc3cc4cccc(c4nc23)N1. The molecule has 0 unspecified atom stereocenters. The molecule has 0 atom stereocenters. The van der Waals surface area contributed by atoms with Crippen molar-refractivity contribution in [2.45, 2.75) is 89.9 Å². The van der Waals surface area contributed by atoms with Crippen LogP contribution in [-0.2, 0) is 19.2 Å². The molecule has 0 fully saturated rings. The van der Waals surface area contributed by atoms with Gasteiger partial charge in [0, 0.05) is 47.2 Å². The van der Waals surface area contributed by atoms with Gasteiger partial charge in [0.1, 0.15) is 11.0 Å². The van der Waals surface area contributed by atoms with Gasteiger partial charge in [0.15, 0.2) is 11.5 Å². The first-order chi connectivity index (χ1) is 26.4. The third kappa shape index (κ3) is 9.00. The van der Waals surface area contributed by atoms with Crippen LogP contribution in [0, 0.1) is 0 Å². The van der Waals surface area contributed by atoms with Gasteiger partial charge in [-0.25, -0.2) is 9.97 Å². The number of nitrogens with zero attached hydrogens (tertiary/aromatic N) is 2. The summed E-state index contributed by atoms with van der Waals surface area (Å²) in [7, 11) is 0. The van der Waals surface area contributed by atoms with Crippen LogP contribution in [-0.4, -0.2) is 33.7 Å². The predicted molar refractivity (Wildman–Crippen MR) is 212 cm³/mol. The molecule has 10 nitrogen and oxygen atoms in total. The highest BCUT2D eigenvalue weighted by atomic mass is 16.5. The van der Waals surface area contributed by atoms with E-state index in [4.69, 9.17) is 19.4 Å². The fourth-order valence-corrected chi connectivity index (χ4v) is 7.02. The zero-order valence-electron chi connectivity index (χ0n) is 30.3. The summed E-state index contributed by atoms with van der Waals surface area (Å²) in [5.74, 6) is -0.0550. The summed E-state index contributed by atoms with van der Waals surface area (Å²) < 4.78 is 11.6. The highest BCUT2D eigenvalue weighted by molar-refractivity contribution is 6.06. The van der Waals surface area contributed by atoms with Gasteiger partial charge in [-0.2, -0.15) is 0 Å². The van der Waals surface area contributed by atoms with Crippen molar-refractivity contribution in [2.75, 3.05) is 10.6 Å². The summed E-state index contributed by atoms with van der Waals surface area (Å²) in [6.45, 7) is 0. The van der Waals surface area contributed by atoms with Crippen LogP contribution in [0.4, 0.5) is 11.4 Å². The standard InChI is InChI=1S/C44H44N4O6/c49-37-23-7-3-1-4-8-24-38(50)46-34-20-12-16-30-28-32-18-14-22-36(44(32)48-42(30)34)54-40(52)26-10-6-2-5-9-25-39(51)53-35-21-13-17-31-27-29-15-11-19-33(45-37)41(29)47-43(31)35/h11-22,27-28H,1-10,23-26H2,(H,45,49)(H,46,50). The lowest BCUT2D eigenvalue weighted by atomic mass is 10.1. The Morgan fingerprint density at radius 2 is 0.759 bits per heavy atom. The number of hydrogen-bond acceptors (Lipinski definition) is 8. The average Bonchev–Trinajstić information content (AvgIpc) is 3.16. The monoisotopic (exact) mass is 724 g/mol.